The summed E-state index contributed by atoms with van der Waals surface area (Å²) in [6.07, 6.45) is -2.40. The summed E-state index contributed by atoms with van der Waals surface area (Å²) < 4.78 is 37.2. The molecule has 0 aromatic carbocycles. The van der Waals surface area contributed by atoms with Gasteiger partial charge in [0.15, 0.2) is 5.82 Å². The Morgan fingerprint density at radius 3 is 2.80 bits per heavy atom. The van der Waals surface area contributed by atoms with Gasteiger partial charge in [-0.2, -0.15) is 13.2 Å². The fraction of sp³-hybridized carbons (Fsp3) is 0.333. The molecule has 30 heavy (non-hydrogen) atoms. The molecule has 2 aliphatic rings. The molecular weight excluding hydrogens is 403 g/mol. The van der Waals surface area contributed by atoms with Crippen LogP contribution in [0.5, 0.6) is 0 Å². The molecule has 4 heterocycles. The van der Waals surface area contributed by atoms with Gasteiger partial charge >= 0.3 is 12.2 Å². The van der Waals surface area contributed by atoms with Crippen molar-refractivity contribution in [3.63, 3.8) is 0 Å². The molecule has 0 spiro atoms. The molecule has 3 amide bonds. The number of nitrogens with zero attached hydrogens (tertiary/aromatic N) is 4. The molecule has 0 saturated carbocycles. The van der Waals surface area contributed by atoms with Crippen LogP contribution in [0, 0.1) is 0 Å². The summed E-state index contributed by atoms with van der Waals surface area (Å²) in [6, 6.07) is 5.30. The van der Waals surface area contributed by atoms with Crippen LogP contribution in [0.2, 0.25) is 0 Å². The van der Waals surface area contributed by atoms with Crippen molar-refractivity contribution in [3.05, 3.63) is 36.2 Å². The van der Waals surface area contributed by atoms with E-state index >= 15 is 0 Å². The van der Waals surface area contributed by atoms with Gasteiger partial charge in [-0.1, -0.05) is 0 Å². The molecule has 1 saturated heterocycles. The van der Waals surface area contributed by atoms with Gasteiger partial charge in [0.1, 0.15) is 18.1 Å². The molecule has 0 aliphatic carbocycles. The van der Waals surface area contributed by atoms with Gasteiger partial charge in [-0.3, -0.25) is 15.0 Å². The van der Waals surface area contributed by atoms with Gasteiger partial charge in [-0.15, -0.1) is 0 Å². The van der Waals surface area contributed by atoms with E-state index in [1.807, 2.05) is 4.90 Å². The maximum atomic E-state index is 13.0. The smallest absolute Gasteiger partial charge is 0.399 e. The van der Waals surface area contributed by atoms with Gasteiger partial charge in [-0.05, 0) is 24.6 Å². The van der Waals surface area contributed by atoms with E-state index in [0.717, 1.165) is 0 Å². The number of pyridine rings is 2. The van der Waals surface area contributed by atoms with Crippen LogP contribution in [-0.2, 0) is 0 Å². The third-order valence-electron chi connectivity index (χ3n) is 4.87. The highest BCUT2D eigenvalue weighted by Crippen LogP contribution is 2.39. The highest BCUT2D eigenvalue weighted by Gasteiger charge is 2.40. The van der Waals surface area contributed by atoms with Crippen LogP contribution in [0.3, 0.4) is 0 Å². The number of halogens is 3. The fourth-order valence-corrected chi connectivity index (χ4v) is 3.55. The third kappa shape index (κ3) is 3.93. The van der Waals surface area contributed by atoms with Crippen molar-refractivity contribution in [2.45, 2.75) is 18.6 Å². The van der Waals surface area contributed by atoms with Crippen molar-refractivity contribution in [2.24, 2.45) is 0 Å². The third-order valence-corrected chi connectivity index (χ3v) is 4.87. The molecule has 2 bridgehead atoms. The predicted molar refractivity (Wildman–Crippen MR) is 103 cm³/mol. The summed E-state index contributed by atoms with van der Waals surface area (Å²) in [5, 5.41) is 4.45. The van der Waals surface area contributed by atoms with Gasteiger partial charge in [0, 0.05) is 31.0 Å². The van der Waals surface area contributed by atoms with Crippen LogP contribution < -0.4 is 26.2 Å². The number of alkyl halides is 3. The molecule has 12 heteroatoms. The Kier molecular flexibility index (Phi) is 4.84. The van der Waals surface area contributed by atoms with Crippen molar-refractivity contribution >= 4 is 34.9 Å². The number of urea groups is 1. The molecular formula is C18H18F3N7O2. The maximum absolute atomic E-state index is 13.0. The number of nitrogen functional groups attached to an aromatic ring is 1. The molecule has 9 nitrogen and oxygen atoms in total. The fourth-order valence-electron chi connectivity index (χ4n) is 3.55. The lowest BCUT2D eigenvalue weighted by Gasteiger charge is -2.35. The summed E-state index contributed by atoms with van der Waals surface area (Å²) >= 11 is 0. The second-order valence-electron chi connectivity index (χ2n) is 7.00. The maximum Gasteiger partial charge on any atom is 0.405 e. The van der Waals surface area contributed by atoms with Crippen molar-refractivity contribution in [2.75, 3.05) is 40.5 Å². The minimum absolute atomic E-state index is 0.195. The lowest BCUT2D eigenvalue weighted by atomic mass is 10.1. The molecule has 1 fully saturated rings. The number of nitrogens with one attached hydrogen (secondary N) is 2. The Hall–Kier alpha value is -3.57. The van der Waals surface area contributed by atoms with Crippen LogP contribution in [-0.4, -0.2) is 53.8 Å². The zero-order chi connectivity index (χ0) is 21.5. The number of amides is 3. The monoisotopic (exact) mass is 421 g/mol. The average molecular weight is 421 g/mol. The first kappa shape index (κ1) is 19.7. The van der Waals surface area contributed by atoms with E-state index in [1.165, 1.54) is 23.2 Å². The first-order valence-electron chi connectivity index (χ1n) is 9.14. The zero-order valence-electron chi connectivity index (χ0n) is 15.6. The Morgan fingerprint density at radius 1 is 1.27 bits per heavy atom. The number of carbonyl (C=O) groups excluding carboxylic acids is 2. The van der Waals surface area contributed by atoms with Crippen molar-refractivity contribution in [3.8, 4) is 0 Å². The first-order valence-corrected chi connectivity index (χ1v) is 9.14. The van der Waals surface area contributed by atoms with Crippen molar-refractivity contribution < 1.29 is 22.8 Å². The predicted octanol–water partition coefficient (Wildman–Crippen LogP) is 1.98. The van der Waals surface area contributed by atoms with Gasteiger partial charge in [0.2, 0.25) is 0 Å². The summed E-state index contributed by atoms with van der Waals surface area (Å²) in [4.78, 5) is 36.8. The Bertz CT molecular complexity index is 998. The highest BCUT2D eigenvalue weighted by atomic mass is 19.4. The van der Waals surface area contributed by atoms with Crippen molar-refractivity contribution in [1.29, 1.82) is 0 Å². The Morgan fingerprint density at radius 2 is 2.07 bits per heavy atom. The summed E-state index contributed by atoms with van der Waals surface area (Å²) in [5.41, 5.74) is 6.56. The van der Waals surface area contributed by atoms with Crippen LogP contribution >= 0.6 is 0 Å². The number of rotatable bonds is 3. The second kappa shape index (κ2) is 7.35. The topological polar surface area (TPSA) is 116 Å². The Balaban J connectivity index is 1.62. The first-order chi connectivity index (χ1) is 14.2. The number of hydrogen-bond donors (Lipinski definition) is 3. The normalized spacial score (nSPS) is 17.5. The van der Waals surface area contributed by atoms with Crippen LogP contribution in [0.4, 0.5) is 41.0 Å². The van der Waals surface area contributed by atoms with E-state index in [1.54, 1.807) is 17.4 Å². The van der Waals surface area contributed by atoms with Crippen LogP contribution in [0.25, 0.3) is 0 Å². The number of carbonyl (C=O) groups is 2. The molecule has 1 unspecified atom stereocenters. The highest BCUT2D eigenvalue weighted by molar-refractivity contribution is 6.05. The molecule has 2 aromatic heterocycles. The quantitative estimate of drug-likeness (QED) is 0.698. The molecule has 2 aromatic rings. The minimum Gasteiger partial charge on any atom is -0.399 e. The number of hydrogen-bond acceptors (Lipinski definition) is 6. The van der Waals surface area contributed by atoms with Gasteiger partial charge < -0.3 is 16.0 Å². The van der Waals surface area contributed by atoms with E-state index in [0.29, 0.717) is 30.9 Å². The van der Waals surface area contributed by atoms with Crippen LogP contribution in [0.1, 0.15) is 16.9 Å². The van der Waals surface area contributed by atoms with E-state index in [9.17, 15) is 22.8 Å². The minimum atomic E-state index is -4.54. The SMILES string of the molecule is Nc1ccnc(NC(=O)N2c3nc(C(=O)NCC(F)(F)F)ccc3N3CCC2C3)c1. The van der Waals surface area contributed by atoms with Gasteiger partial charge in [0.25, 0.3) is 5.91 Å². The molecule has 1 atom stereocenters. The van der Waals surface area contributed by atoms with E-state index in [2.05, 4.69) is 15.3 Å². The summed E-state index contributed by atoms with van der Waals surface area (Å²) in [7, 11) is 0. The number of anilines is 4. The number of aromatic nitrogens is 2. The standard InChI is InChI=1S/C18H18F3N7O2/c19-18(20,21)9-24-16(29)12-1-2-13-15(25-12)28(11-4-6-27(13)8-11)17(30)26-14-7-10(22)3-5-23-14/h1-3,5,7,11H,4,6,8-9H2,(H,24,29)(H3,22,23,26,30). The lowest BCUT2D eigenvalue weighted by Crippen LogP contribution is -2.48. The zero-order valence-corrected chi connectivity index (χ0v) is 15.6. The van der Waals surface area contributed by atoms with E-state index in [4.69, 9.17) is 5.73 Å². The lowest BCUT2D eigenvalue weighted by molar-refractivity contribution is -0.123. The van der Waals surface area contributed by atoms with Crippen LogP contribution in [0.15, 0.2) is 30.5 Å². The largest absolute Gasteiger partial charge is 0.405 e. The number of nitrogens with two attached hydrogens (primary N) is 1. The molecule has 4 N–H and O–H groups in total. The Labute approximate surface area is 169 Å². The second-order valence-corrected chi connectivity index (χ2v) is 7.00. The van der Waals surface area contributed by atoms with Crippen molar-refractivity contribution in [1.82, 2.24) is 15.3 Å². The number of fused-ring (bicyclic) bond motifs is 4. The van der Waals surface area contributed by atoms with E-state index < -0.39 is 24.7 Å². The molecule has 158 valence electrons. The van der Waals surface area contributed by atoms with Gasteiger partial charge in [-0.25, -0.2) is 14.8 Å². The van der Waals surface area contributed by atoms with E-state index in [-0.39, 0.29) is 23.4 Å². The molecule has 2 aliphatic heterocycles. The van der Waals surface area contributed by atoms with Gasteiger partial charge in [0.05, 0.1) is 11.7 Å². The average Bonchev–Trinajstić information content (AvgIpc) is 3.09. The summed E-state index contributed by atoms with van der Waals surface area (Å²) in [5.74, 6) is -0.508. The summed E-state index contributed by atoms with van der Waals surface area (Å²) in [6.45, 7) is -0.185. The molecule has 4 rings (SSSR count). The molecule has 0 radical (unpaired) electrons.